The largest absolute Gasteiger partial charge is 0.307 e. The van der Waals surface area contributed by atoms with Gasteiger partial charge in [-0.2, -0.15) is 0 Å². The minimum Gasteiger partial charge on any atom is -0.307 e. The van der Waals surface area contributed by atoms with Crippen molar-refractivity contribution in [1.29, 1.82) is 0 Å². The second-order valence-corrected chi connectivity index (χ2v) is 5.20. The molecule has 3 heterocycles. The normalized spacial score (nSPS) is 22.1. The predicted octanol–water partition coefficient (Wildman–Crippen LogP) is 3.14. The lowest BCUT2D eigenvalue weighted by Gasteiger charge is -2.31. The summed E-state index contributed by atoms with van der Waals surface area (Å²) in [5, 5.41) is 0.742. The quantitative estimate of drug-likeness (QED) is 0.774. The predicted molar refractivity (Wildman–Crippen MR) is 69.4 cm³/mol. The Morgan fingerprint density at radius 3 is 3.12 bits per heavy atom. The van der Waals surface area contributed by atoms with Gasteiger partial charge in [0.15, 0.2) is 0 Å². The highest BCUT2D eigenvalue weighted by Gasteiger charge is 2.22. The Hall–Kier alpha value is -1.06. The minimum atomic E-state index is 0.461. The van der Waals surface area contributed by atoms with Crippen LogP contribution in [0.2, 0.25) is 5.02 Å². The average Bonchev–Trinajstić information content (AvgIpc) is 2.72. The van der Waals surface area contributed by atoms with Crippen molar-refractivity contribution in [2.45, 2.75) is 25.3 Å². The maximum atomic E-state index is 5.98. The third kappa shape index (κ3) is 2.05. The topological polar surface area (TPSA) is 20.5 Å². The number of pyridine rings is 1. The van der Waals surface area contributed by atoms with Gasteiger partial charge < -0.3 is 4.40 Å². The fraction of sp³-hybridized carbons (Fsp3) is 0.462. The Balaban J connectivity index is 1.99. The SMILES string of the molecule is CN1CCCCC1c1cn2ccc(Cl)cc2n1. The van der Waals surface area contributed by atoms with Crippen LogP contribution in [0.25, 0.3) is 5.65 Å². The number of piperidine rings is 1. The first-order valence-electron chi connectivity index (χ1n) is 6.08. The monoisotopic (exact) mass is 249 g/mol. The van der Waals surface area contributed by atoms with Gasteiger partial charge in [0.25, 0.3) is 0 Å². The second-order valence-electron chi connectivity index (χ2n) is 4.77. The fourth-order valence-corrected chi connectivity index (χ4v) is 2.74. The van der Waals surface area contributed by atoms with Gasteiger partial charge in [-0.1, -0.05) is 18.0 Å². The van der Waals surface area contributed by atoms with Crippen LogP contribution in [-0.2, 0) is 0 Å². The summed E-state index contributed by atoms with van der Waals surface area (Å²) in [5.41, 5.74) is 2.10. The van der Waals surface area contributed by atoms with Crippen LogP contribution in [0.1, 0.15) is 31.0 Å². The van der Waals surface area contributed by atoms with Crippen LogP contribution in [0.5, 0.6) is 0 Å². The lowest BCUT2D eigenvalue weighted by molar-refractivity contribution is 0.184. The van der Waals surface area contributed by atoms with Crippen molar-refractivity contribution in [2.24, 2.45) is 0 Å². The summed E-state index contributed by atoms with van der Waals surface area (Å²) in [6, 6.07) is 4.26. The maximum absolute atomic E-state index is 5.98. The molecule has 1 aliphatic heterocycles. The molecular formula is C13H16ClN3. The van der Waals surface area contributed by atoms with Crippen molar-refractivity contribution in [3.8, 4) is 0 Å². The summed E-state index contributed by atoms with van der Waals surface area (Å²) in [7, 11) is 2.18. The van der Waals surface area contributed by atoms with E-state index in [-0.39, 0.29) is 0 Å². The minimum absolute atomic E-state index is 0.461. The van der Waals surface area contributed by atoms with Gasteiger partial charge in [-0.25, -0.2) is 4.98 Å². The zero-order chi connectivity index (χ0) is 11.8. The Labute approximate surface area is 106 Å². The molecule has 0 aromatic carbocycles. The summed E-state index contributed by atoms with van der Waals surface area (Å²) in [6.45, 7) is 1.17. The number of halogens is 1. The van der Waals surface area contributed by atoms with Gasteiger partial charge in [-0.3, -0.25) is 4.90 Å². The molecule has 1 atom stereocenters. The summed E-state index contributed by atoms with van der Waals surface area (Å²) in [6.07, 6.45) is 7.89. The van der Waals surface area contributed by atoms with Crippen LogP contribution in [0.4, 0.5) is 0 Å². The first kappa shape index (κ1) is 11.1. The molecule has 0 aliphatic carbocycles. The number of nitrogens with zero attached hydrogens (tertiary/aromatic N) is 3. The van der Waals surface area contributed by atoms with E-state index >= 15 is 0 Å². The van der Waals surface area contributed by atoms with Crippen molar-refractivity contribution in [2.75, 3.05) is 13.6 Å². The van der Waals surface area contributed by atoms with Crippen molar-refractivity contribution >= 4 is 17.2 Å². The highest BCUT2D eigenvalue weighted by atomic mass is 35.5. The molecule has 4 heteroatoms. The van der Waals surface area contributed by atoms with E-state index in [9.17, 15) is 0 Å². The zero-order valence-electron chi connectivity index (χ0n) is 9.93. The van der Waals surface area contributed by atoms with E-state index < -0.39 is 0 Å². The maximum Gasteiger partial charge on any atom is 0.138 e. The lowest BCUT2D eigenvalue weighted by atomic mass is 10.0. The number of rotatable bonds is 1. The standard InChI is InChI=1S/C13H16ClN3/c1-16-6-3-2-4-12(16)11-9-17-7-5-10(14)8-13(17)15-11/h5,7-9,12H,2-4,6H2,1H3. The van der Waals surface area contributed by atoms with Crippen LogP contribution in [0, 0.1) is 0 Å². The highest BCUT2D eigenvalue weighted by molar-refractivity contribution is 6.30. The third-order valence-corrected chi connectivity index (χ3v) is 3.79. The summed E-state index contributed by atoms with van der Waals surface area (Å²) in [4.78, 5) is 7.08. The zero-order valence-corrected chi connectivity index (χ0v) is 10.7. The number of fused-ring (bicyclic) bond motifs is 1. The van der Waals surface area contributed by atoms with Gasteiger partial charge in [0.2, 0.25) is 0 Å². The smallest absolute Gasteiger partial charge is 0.138 e. The molecule has 3 rings (SSSR count). The van der Waals surface area contributed by atoms with Crippen LogP contribution in [0.15, 0.2) is 24.5 Å². The van der Waals surface area contributed by atoms with Crippen molar-refractivity contribution in [1.82, 2.24) is 14.3 Å². The molecule has 3 nitrogen and oxygen atoms in total. The lowest BCUT2D eigenvalue weighted by Crippen LogP contribution is -2.29. The van der Waals surface area contributed by atoms with E-state index in [1.807, 2.05) is 22.7 Å². The molecule has 0 radical (unpaired) electrons. The Morgan fingerprint density at radius 1 is 1.41 bits per heavy atom. The molecule has 0 saturated carbocycles. The molecule has 0 bridgehead atoms. The summed E-state index contributed by atoms with van der Waals surface area (Å²) >= 11 is 5.98. The van der Waals surface area contributed by atoms with E-state index in [0.717, 1.165) is 16.4 Å². The Kier molecular flexibility index (Phi) is 2.81. The molecule has 17 heavy (non-hydrogen) atoms. The van der Waals surface area contributed by atoms with Gasteiger partial charge >= 0.3 is 0 Å². The molecule has 2 aromatic rings. The molecule has 1 aliphatic rings. The Morgan fingerprint density at radius 2 is 2.29 bits per heavy atom. The number of likely N-dealkylation sites (tertiary alicyclic amines) is 1. The van der Waals surface area contributed by atoms with Crippen LogP contribution >= 0.6 is 11.6 Å². The van der Waals surface area contributed by atoms with E-state index in [0.29, 0.717) is 6.04 Å². The van der Waals surface area contributed by atoms with E-state index in [1.54, 1.807) is 0 Å². The summed E-state index contributed by atoms with van der Waals surface area (Å²) < 4.78 is 2.05. The molecular weight excluding hydrogens is 234 g/mol. The highest BCUT2D eigenvalue weighted by Crippen LogP contribution is 2.29. The Bertz CT molecular complexity index is 534. The van der Waals surface area contributed by atoms with Gasteiger partial charge in [-0.05, 0) is 38.6 Å². The van der Waals surface area contributed by atoms with E-state index in [4.69, 9.17) is 11.6 Å². The fourth-order valence-electron chi connectivity index (χ4n) is 2.59. The van der Waals surface area contributed by atoms with Crippen LogP contribution < -0.4 is 0 Å². The van der Waals surface area contributed by atoms with Gasteiger partial charge in [-0.15, -0.1) is 0 Å². The van der Waals surface area contributed by atoms with E-state index in [1.165, 1.54) is 25.8 Å². The van der Waals surface area contributed by atoms with Crippen molar-refractivity contribution in [3.63, 3.8) is 0 Å². The average molecular weight is 250 g/mol. The van der Waals surface area contributed by atoms with Gasteiger partial charge in [0, 0.05) is 17.4 Å². The second kappa shape index (κ2) is 4.31. The van der Waals surface area contributed by atoms with Crippen LogP contribution in [-0.4, -0.2) is 27.9 Å². The molecule has 0 amide bonds. The third-order valence-electron chi connectivity index (χ3n) is 3.55. The molecule has 1 saturated heterocycles. The number of aromatic nitrogens is 2. The molecule has 90 valence electrons. The number of hydrogen-bond donors (Lipinski definition) is 0. The van der Waals surface area contributed by atoms with Gasteiger partial charge in [0.1, 0.15) is 5.65 Å². The number of hydrogen-bond acceptors (Lipinski definition) is 2. The van der Waals surface area contributed by atoms with Crippen molar-refractivity contribution < 1.29 is 0 Å². The first-order valence-corrected chi connectivity index (χ1v) is 6.46. The van der Waals surface area contributed by atoms with Gasteiger partial charge in [0.05, 0.1) is 11.7 Å². The molecule has 1 unspecified atom stereocenters. The molecule has 0 spiro atoms. The molecule has 2 aromatic heterocycles. The van der Waals surface area contributed by atoms with Crippen molar-refractivity contribution in [3.05, 3.63) is 35.2 Å². The van der Waals surface area contributed by atoms with Crippen LogP contribution in [0.3, 0.4) is 0 Å². The summed E-state index contributed by atoms with van der Waals surface area (Å²) in [5.74, 6) is 0. The number of imidazole rings is 1. The molecule has 1 fully saturated rings. The molecule has 0 N–H and O–H groups in total. The van der Waals surface area contributed by atoms with E-state index in [2.05, 4.69) is 23.1 Å². The first-order chi connectivity index (χ1) is 8.24.